The summed E-state index contributed by atoms with van der Waals surface area (Å²) in [6.45, 7) is 4.56. The Kier molecular flexibility index (Phi) is 6.58. The average Bonchev–Trinajstić information content (AvgIpc) is 3.39. The third-order valence-electron chi connectivity index (χ3n) is 6.68. The van der Waals surface area contributed by atoms with Gasteiger partial charge in [0.25, 0.3) is 5.69 Å². The van der Waals surface area contributed by atoms with Crippen molar-refractivity contribution in [2.45, 2.75) is 32.5 Å². The molecule has 0 saturated carbocycles. The number of ether oxygens (including phenoxy) is 1. The van der Waals surface area contributed by atoms with Crippen LogP contribution < -0.4 is 10.1 Å². The number of non-ortho nitro benzene ring substituents is 1. The number of aryl methyl sites for hydroxylation is 1. The van der Waals surface area contributed by atoms with Crippen molar-refractivity contribution < 1.29 is 9.66 Å². The van der Waals surface area contributed by atoms with Gasteiger partial charge in [0.15, 0.2) is 5.11 Å². The van der Waals surface area contributed by atoms with E-state index in [9.17, 15) is 10.1 Å². The zero-order chi connectivity index (χ0) is 26.1. The SMILES string of the molecule is COc1ccc([N+](=O)[O-])cc1-n1c(C)cc([C@@H]2[C@H](c3ccccn3)NC(=S)N2Cc2cccnc2)c1C. The van der Waals surface area contributed by atoms with E-state index in [-0.39, 0.29) is 17.8 Å². The molecular formula is C27H26N6O3S. The maximum absolute atomic E-state index is 11.5. The van der Waals surface area contributed by atoms with Gasteiger partial charge in [-0.1, -0.05) is 12.1 Å². The number of methoxy groups -OCH3 is 1. The summed E-state index contributed by atoms with van der Waals surface area (Å²) in [5, 5.41) is 15.6. The van der Waals surface area contributed by atoms with Crippen LogP contribution in [-0.4, -0.2) is 36.6 Å². The highest BCUT2D eigenvalue weighted by molar-refractivity contribution is 7.80. The molecular weight excluding hydrogens is 488 g/mol. The van der Waals surface area contributed by atoms with E-state index in [1.807, 2.05) is 54.9 Å². The average molecular weight is 515 g/mol. The first kappa shape index (κ1) is 24.4. The predicted octanol–water partition coefficient (Wildman–Crippen LogP) is 4.97. The van der Waals surface area contributed by atoms with Crippen molar-refractivity contribution in [2.75, 3.05) is 7.11 Å². The molecule has 9 nitrogen and oxygen atoms in total. The van der Waals surface area contributed by atoms with Crippen molar-refractivity contribution in [3.8, 4) is 11.4 Å². The van der Waals surface area contributed by atoms with Gasteiger partial charge in [0.1, 0.15) is 5.75 Å². The lowest BCUT2D eigenvalue weighted by atomic mass is 9.96. The van der Waals surface area contributed by atoms with E-state index in [1.165, 1.54) is 6.07 Å². The Morgan fingerprint density at radius 2 is 1.97 bits per heavy atom. The van der Waals surface area contributed by atoms with Crippen molar-refractivity contribution in [3.63, 3.8) is 0 Å². The molecule has 1 N–H and O–H groups in total. The Morgan fingerprint density at radius 1 is 1.14 bits per heavy atom. The lowest BCUT2D eigenvalue weighted by Gasteiger charge is -2.28. The normalized spacial score (nSPS) is 17.1. The highest BCUT2D eigenvalue weighted by Crippen LogP contribution is 2.43. The molecule has 10 heteroatoms. The minimum atomic E-state index is -0.399. The summed E-state index contributed by atoms with van der Waals surface area (Å²) in [7, 11) is 1.56. The summed E-state index contributed by atoms with van der Waals surface area (Å²) in [6, 6.07) is 16.1. The summed E-state index contributed by atoms with van der Waals surface area (Å²) in [5.74, 6) is 0.549. The first-order valence-electron chi connectivity index (χ1n) is 11.8. The number of hydrogen-bond donors (Lipinski definition) is 1. The summed E-state index contributed by atoms with van der Waals surface area (Å²) < 4.78 is 7.58. The van der Waals surface area contributed by atoms with Crippen LogP contribution >= 0.6 is 12.2 Å². The number of hydrogen-bond acceptors (Lipinski definition) is 6. The Balaban J connectivity index is 1.66. The number of nitro benzene ring substituents is 1. The van der Waals surface area contributed by atoms with E-state index >= 15 is 0 Å². The molecule has 1 aliphatic heterocycles. The van der Waals surface area contributed by atoms with E-state index in [1.54, 1.807) is 31.6 Å². The molecule has 1 fully saturated rings. The quantitative estimate of drug-likeness (QED) is 0.210. The molecule has 37 heavy (non-hydrogen) atoms. The largest absolute Gasteiger partial charge is 0.495 e. The van der Waals surface area contributed by atoms with Gasteiger partial charge in [-0.2, -0.15) is 0 Å². The minimum Gasteiger partial charge on any atom is -0.495 e. The van der Waals surface area contributed by atoms with E-state index in [4.69, 9.17) is 17.0 Å². The maximum Gasteiger partial charge on any atom is 0.271 e. The fourth-order valence-corrected chi connectivity index (χ4v) is 5.33. The molecule has 188 valence electrons. The summed E-state index contributed by atoms with van der Waals surface area (Å²) >= 11 is 5.82. The molecule has 0 unspecified atom stereocenters. The Labute approximate surface area is 219 Å². The molecule has 0 amide bonds. The lowest BCUT2D eigenvalue weighted by molar-refractivity contribution is -0.384. The van der Waals surface area contributed by atoms with Crippen molar-refractivity contribution in [3.05, 3.63) is 112 Å². The van der Waals surface area contributed by atoms with Crippen LogP contribution in [-0.2, 0) is 6.54 Å². The van der Waals surface area contributed by atoms with Crippen LogP contribution in [0.1, 0.15) is 40.3 Å². The Hall–Kier alpha value is -4.31. The number of benzene rings is 1. The molecule has 0 radical (unpaired) electrons. The van der Waals surface area contributed by atoms with Gasteiger partial charge in [-0.05, 0) is 67.5 Å². The van der Waals surface area contributed by atoms with Gasteiger partial charge in [0, 0.05) is 48.7 Å². The van der Waals surface area contributed by atoms with E-state index in [2.05, 4.69) is 26.3 Å². The van der Waals surface area contributed by atoms with Crippen molar-refractivity contribution in [2.24, 2.45) is 0 Å². The standard InChI is InChI=1S/C27H26N6O3S/c1-17-13-21(18(2)32(17)23-14-20(33(34)35)9-10-24(23)36-3)26-25(22-8-4-5-12-29-22)30-27(37)31(26)16-19-7-6-11-28-15-19/h4-15,25-26H,16H2,1-3H3,(H,30,37)/t25-,26+/m0/s1. The second-order valence-electron chi connectivity index (χ2n) is 8.89. The van der Waals surface area contributed by atoms with Gasteiger partial charge in [-0.3, -0.25) is 20.1 Å². The second-order valence-corrected chi connectivity index (χ2v) is 9.28. The smallest absolute Gasteiger partial charge is 0.271 e. The third kappa shape index (κ3) is 4.51. The van der Waals surface area contributed by atoms with Gasteiger partial charge in [-0.15, -0.1) is 0 Å². The zero-order valence-corrected chi connectivity index (χ0v) is 21.5. The molecule has 3 aromatic heterocycles. The van der Waals surface area contributed by atoms with E-state index in [0.717, 1.165) is 28.2 Å². The first-order chi connectivity index (χ1) is 17.9. The summed E-state index contributed by atoms with van der Waals surface area (Å²) in [4.78, 5) is 22.2. The van der Waals surface area contributed by atoms with Gasteiger partial charge in [-0.25, -0.2) is 0 Å². The molecule has 0 spiro atoms. The molecule has 4 aromatic rings. The fourth-order valence-electron chi connectivity index (χ4n) is 5.03. The second kappa shape index (κ2) is 9.98. The van der Waals surface area contributed by atoms with Crippen LogP contribution in [0.3, 0.4) is 0 Å². The first-order valence-corrected chi connectivity index (χ1v) is 12.2. The van der Waals surface area contributed by atoms with Crippen molar-refractivity contribution >= 4 is 23.0 Å². The summed E-state index contributed by atoms with van der Waals surface area (Å²) in [6.07, 6.45) is 5.36. The van der Waals surface area contributed by atoms with Gasteiger partial charge in [0.2, 0.25) is 0 Å². The highest BCUT2D eigenvalue weighted by atomic mass is 32.1. The van der Waals surface area contributed by atoms with Crippen LogP contribution in [0, 0.1) is 24.0 Å². The number of aromatic nitrogens is 3. The molecule has 5 rings (SSSR count). The van der Waals surface area contributed by atoms with Gasteiger partial charge in [0.05, 0.1) is 35.5 Å². The Bertz CT molecular complexity index is 1460. The van der Waals surface area contributed by atoms with Crippen molar-refractivity contribution in [1.82, 2.24) is 24.8 Å². The molecule has 1 aliphatic rings. The molecule has 4 heterocycles. The lowest BCUT2D eigenvalue weighted by Crippen LogP contribution is -2.29. The van der Waals surface area contributed by atoms with Crippen LogP contribution in [0.25, 0.3) is 5.69 Å². The molecule has 1 aromatic carbocycles. The zero-order valence-electron chi connectivity index (χ0n) is 20.7. The number of thiocarbonyl (C=S) groups is 1. The van der Waals surface area contributed by atoms with Crippen LogP contribution in [0.15, 0.2) is 73.2 Å². The number of nitrogens with one attached hydrogen (secondary N) is 1. The van der Waals surface area contributed by atoms with E-state index in [0.29, 0.717) is 23.1 Å². The topological polar surface area (TPSA) is 98.3 Å². The Morgan fingerprint density at radius 3 is 2.65 bits per heavy atom. The predicted molar refractivity (Wildman–Crippen MR) is 144 cm³/mol. The highest BCUT2D eigenvalue weighted by Gasteiger charge is 2.41. The van der Waals surface area contributed by atoms with Crippen LogP contribution in [0.2, 0.25) is 0 Å². The third-order valence-corrected chi connectivity index (χ3v) is 7.03. The number of rotatable bonds is 7. The van der Waals surface area contributed by atoms with E-state index < -0.39 is 4.92 Å². The number of pyridine rings is 2. The van der Waals surface area contributed by atoms with Crippen LogP contribution in [0.5, 0.6) is 5.75 Å². The van der Waals surface area contributed by atoms with Crippen molar-refractivity contribution in [1.29, 1.82) is 0 Å². The van der Waals surface area contributed by atoms with Crippen LogP contribution in [0.4, 0.5) is 5.69 Å². The fraction of sp³-hybridized carbons (Fsp3) is 0.222. The maximum atomic E-state index is 11.5. The monoisotopic (exact) mass is 514 g/mol. The molecule has 0 bridgehead atoms. The molecule has 2 atom stereocenters. The molecule has 1 saturated heterocycles. The number of nitro groups is 1. The van der Waals surface area contributed by atoms with Gasteiger partial charge < -0.3 is 19.5 Å². The molecule has 0 aliphatic carbocycles. The minimum absolute atomic E-state index is 0.00173. The summed E-state index contributed by atoms with van der Waals surface area (Å²) in [5.41, 5.74) is 5.42. The number of nitrogens with zero attached hydrogens (tertiary/aromatic N) is 5. The van der Waals surface area contributed by atoms with Gasteiger partial charge >= 0.3 is 0 Å².